The zero-order chi connectivity index (χ0) is 20.9. The van der Waals surface area contributed by atoms with Gasteiger partial charge in [-0.3, -0.25) is 4.31 Å². The Hall–Kier alpha value is -3.03. The van der Waals surface area contributed by atoms with Crippen LogP contribution in [0.15, 0.2) is 83.8 Å². The first-order valence-corrected chi connectivity index (χ1v) is 10.7. The maximum Gasteiger partial charge on any atom is 0.323 e. The highest BCUT2D eigenvalue weighted by molar-refractivity contribution is 7.93. The number of nitrogens with one attached hydrogen (secondary N) is 2. The molecule has 3 aromatic carbocycles. The van der Waals surface area contributed by atoms with E-state index in [0.717, 1.165) is 0 Å². The fourth-order valence-electron chi connectivity index (χ4n) is 2.82. The first kappa shape index (κ1) is 20.7. The quantitative estimate of drug-likeness (QED) is 0.565. The van der Waals surface area contributed by atoms with Gasteiger partial charge in [0.15, 0.2) is 0 Å². The van der Waals surface area contributed by atoms with Gasteiger partial charge in [0.1, 0.15) is 4.90 Å². The number of anilines is 3. The second-order valence-electron chi connectivity index (χ2n) is 6.09. The summed E-state index contributed by atoms with van der Waals surface area (Å²) < 4.78 is 27.9. The van der Waals surface area contributed by atoms with Gasteiger partial charge in [0.25, 0.3) is 10.0 Å². The zero-order valence-electron chi connectivity index (χ0n) is 15.7. The van der Waals surface area contributed by atoms with Gasteiger partial charge in [-0.1, -0.05) is 41.9 Å². The topological polar surface area (TPSA) is 78.5 Å². The Kier molecular flexibility index (Phi) is 6.41. The monoisotopic (exact) mass is 429 g/mol. The number of benzene rings is 3. The van der Waals surface area contributed by atoms with Crippen LogP contribution in [0.2, 0.25) is 5.02 Å². The summed E-state index contributed by atoms with van der Waals surface area (Å²) in [5.41, 5.74) is 1.27. The molecule has 0 heterocycles. The number of amides is 2. The molecule has 0 radical (unpaired) electrons. The van der Waals surface area contributed by atoms with Gasteiger partial charge in [0, 0.05) is 17.3 Å². The number of urea groups is 1. The minimum absolute atomic E-state index is 0.0111. The lowest BCUT2D eigenvalue weighted by atomic mass is 10.3. The van der Waals surface area contributed by atoms with Crippen molar-refractivity contribution in [1.82, 2.24) is 0 Å². The Morgan fingerprint density at radius 2 is 1.52 bits per heavy atom. The Bertz CT molecular complexity index is 1090. The number of halogens is 1. The molecule has 0 fully saturated rings. The SMILES string of the molecule is CCN(c1ccccc1)S(=O)(=O)c1ccccc1NC(=O)Nc1ccc(Cl)cc1. The predicted octanol–water partition coefficient (Wildman–Crippen LogP) is 5.20. The van der Waals surface area contributed by atoms with E-state index in [9.17, 15) is 13.2 Å². The molecule has 0 saturated heterocycles. The zero-order valence-corrected chi connectivity index (χ0v) is 17.2. The van der Waals surface area contributed by atoms with Gasteiger partial charge in [-0.05, 0) is 55.5 Å². The minimum atomic E-state index is -3.89. The fraction of sp³-hybridized carbons (Fsp3) is 0.0952. The average molecular weight is 430 g/mol. The van der Waals surface area contributed by atoms with Crippen LogP contribution in [0.3, 0.4) is 0 Å². The molecule has 3 rings (SSSR count). The number of carbonyl (C=O) groups excluding carboxylic acids is 1. The number of rotatable bonds is 6. The highest BCUT2D eigenvalue weighted by atomic mass is 35.5. The smallest absolute Gasteiger partial charge is 0.308 e. The normalized spacial score (nSPS) is 11.0. The summed E-state index contributed by atoms with van der Waals surface area (Å²) in [5, 5.41) is 5.82. The van der Waals surface area contributed by atoms with Crippen molar-refractivity contribution < 1.29 is 13.2 Å². The lowest BCUT2D eigenvalue weighted by Crippen LogP contribution is -2.32. The molecular weight excluding hydrogens is 410 g/mol. The van der Waals surface area contributed by atoms with Crippen molar-refractivity contribution in [2.24, 2.45) is 0 Å². The standard InChI is InChI=1S/C21H20ClN3O3S/c1-2-25(18-8-4-3-5-9-18)29(27,28)20-11-7-6-10-19(20)24-21(26)23-17-14-12-16(22)13-15-17/h3-15H,2H2,1H3,(H2,23,24,26). The summed E-state index contributed by atoms with van der Waals surface area (Å²) in [6.07, 6.45) is 0. The summed E-state index contributed by atoms with van der Waals surface area (Å²) in [5.74, 6) is 0. The van der Waals surface area contributed by atoms with Crippen LogP contribution < -0.4 is 14.9 Å². The number of nitrogens with zero attached hydrogens (tertiary/aromatic N) is 1. The van der Waals surface area contributed by atoms with Crippen molar-refractivity contribution >= 4 is 44.7 Å². The summed E-state index contributed by atoms with van der Waals surface area (Å²) in [4.78, 5) is 12.4. The lowest BCUT2D eigenvalue weighted by molar-refractivity contribution is 0.262. The maximum atomic E-state index is 13.3. The highest BCUT2D eigenvalue weighted by Crippen LogP contribution is 2.28. The molecule has 2 amide bonds. The fourth-order valence-corrected chi connectivity index (χ4v) is 4.57. The van der Waals surface area contributed by atoms with Crippen LogP contribution in [0.5, 0.6) is 0 Å². The van der Waals surface area contributed by atoms with E-state index in [0.29, 0.717) is 16.4 Å². The molecule has 0 atom stereocenters. The minimum Gasteiger partial charge on any atom is -0.308 e. The van der Waals surface area contributed by atoms with Gasteiger partial charge in [-0.2, -0.15) is 0 Å². The van der Waals surface area contributed by atoms with Crippen molar-refractivity contribution in [3.63, 3.8) is 0 Å². The van der Waals surface area contributed by atoms with E-state index in [4.69, 9.17) is 11.6 Å². The largest absolute Gasteiger partial charge is 0.323 e. The van der Waals surface area contributed by atoms with Gasteiger partial charge in [-0.15, -0.1) is 0 Å². The third-order valence-electron chi connectivity index (χ3n) is 4.14. The molecule has 29 heavy (non-hydrogen) atoms. The first-order valence-electron chi connectivity index (χ1n) is 8.92. The van der Waals surface area contributed by atoms with E-state index in [1.807, 2.05) is 6.07 Å². The number of para-hydroxylation sites is 2. The third kappa shape index (κ3) is 4.88. The van der Waals surface area contributed by atoms with E-state index < -0.39 is 16.1 Å². The molecule has 0 aliphatic carbocycles. The van der Waals surface area contributed by atoms with Crippen LogP contribution in [-0.2, 0) is 10.0 Å². The molecule has 8 heteroatoms. The van der Waals surface area contributed by atoms with Gasteiger partial charge >= 0.3 is 6.03 Å². The van der Waals surface area contributed by atoms with E-state index in [2.05, 4.69) is 10.6 Å². The van der Waals surface area contributed by atoms with Crippen molar-refractivity contribution in [2.45, 2.75) is 11.8 Å². The third-order valence-corrected chi connectivity index (χ3v) is 6.35. The van der Waals surface area contributed by atoms with E-state index in [-0.39, 0.29) is 17.1 Å². The summed E-state index contributed by atoms with van der Waals surface area (Å²) >= 11 is 5.84. The summed E-state index contributed by atoms with van der Waals surface area (Å²) in [7, 11) is -3.89. The molecule has 3 aromatic rings. The maximum absolute atomic E-state index is 13.3. The molecule has 0 aliphatic heterocycles. The van der Waals surface area contributed by atoms with Gasteiger partial charge in [0.2, 0.25) is 0 Å². The second-order valence-corrected chi connectivity index (χ2v) is 8.35. The number of carbonyl (C=O) groups is 1. The van der Waals surface area contributed by atoms with E-state index >= 15 is 0 Å². The lowest BCUT2D eigenvalue weighted by Gasteiger charge is -2.24. The Morgan fingerprint density at radius 1 is 0.897 bits per heavy atom. The number of hydrogen-bond acceptors (Lipinski definition) is 3. The van der Waals surface area contributed by atoms with Gasteiger partial charge in [-0.25, -0.2) is 13.2 Å². The van der Waals surface area contributed by atoms with Crippen molar-refractivity contribution in [3.05, 3.63) is 83.9 Å². The molecule has 0 saturated carbocycles. The molecule has 2 N–H and O–H groups in total. The molecule has 0 aromatic heterocycles. The van der Waals surface area contributed by atoms with Crippen molar-refractivity contribution in [2.75, 3.05) is 21.5 Å². The summed E-state index contributed by atoms with van der Waals surface area (Å²) in [6, 6.07) is 21.2. The second kappa shape index (κ2) is 8.98. The molecule has 150 valence electrons. The summed E-state index contributed by atoms with van der Waals surface area (Å²) in [6.45, 7) is 2.01. The van der Waals surface area contributed by atoms with Gasteiger partial charge in [0.05, 0.1) is 11.4 Å². The Labute approximate surface area is 175 Å². The van der Waals surface area contributed by atoms with Crippen molar-refractivity contribution in [3.8, 4) is 0 Å². The predicted molar refractivity (Wildman–Crippen MR) is 117 cm³/mol. The van der Waals surface area contributed by atoms with Crippen LogP contribution in [-0.4, -0.2) is 21.0 Å². The van der Waals surface area contributed by atoms with E-state index in [1.165, 1.54) is 10.4 Å². The molecule has 0 bridgehead atoms. The Morgan fingerprint density at radius 3 is 2.17 bits per heavy atom. The van der Waals surface area contributed by atoms with Crippen LogP contribution in [0.25, 0.3) is 0 Å². The molecule has 0 unspecified atom stereocenters. The van der Waals surface area contributed by atoms with Gasteiger partial charge < -0.3 is 10.6 Å². The van der Waals surface area contributed by atoms with Crippen LogP contribution >= 0.6 is 11.6 Å². The molecular formula is C21H20ClN3O3S. The first-order chi connectivity index (χ1) is 13.9. The number of sulfonamides is 1. The van der Waals surface area contributed by atoms with Crippen LogP contribution in [0.1, 0.15) is 6.92 Å². The average Bonchev–Trinajstić information content (AvgIpc) is 2.71. The molecule has 6 nitrogen and oxygen atoms in total. The van der Waals surface area contributed by atoms with Crippen LogP contribution in [0, 0.1) is 0 Å². The Balaban J connectivity index is 1.87. The van der Waals surface area contributed by atoms with E-state index in [1.54, 1.807) is 73.7 Å². The highest BCUT2D eigenvalue weighted by Gasteiger charge is 2.26. The number of hydrogen-bond donors (Lipinski definition) is 2. The molecule has 0 spiro atoms. The van der Waals surface area contributed by atoms with Crippen LogP contribution in [0.4, 0.5) is 21.9 Å². The molecule has 0 aliphatic rings. The van der Waals surface area contributed by atoms with Crippen molar-refractivity contribution in [1.29, 1.82) is 0 Å².